The van der Waals surface area contributed by atoms with E-state index in [4.69, 9.17) is 5.14 Å². The SMILES string of the molecule is NS(=O)(=O)c1nnc(Cc2cccc(F)c2F)n1C1CC1. The smallest absolute Gasteiger partial charge is 0.273 e. The summed E-state index contributed by atoms with van der Waals surface area (Å²) in [5, 5.41) is 12.1. The Balaban J connectivity index is 2.04. The van der Waals surface area contributed by atoms with Gasteiger partial charge in [0.05, 0.1) is 0 Å². The fourth-order valence-corrected chi connectivity index (χ4v) is 2.86. The molecule has 1 aromatic carbocycles. The Morgan fingerprint density at radius 1 is 1.29 bits per heavy atom. The van der Waals surface area contributed by atoms with Gasteiger partial charge in [0.25, 0.3) is 15.2 Å². The van der Waals surface area contributed by atoms with E-state index >= 15 is 0 Å². The molecule has 0 saturated heterocycles. The average Bonchev–Trinajstić information content (AvgIpc) is 3.14. The minimum Gasteiger partial charge on any atom is -0.297 e. The van der Waals surface area contributed by atoms with Crippen molar-refractivity contribution in [2.45, 2.75) is 30.5 Å². The number of aromatic nitrogens is 3. The second kappa shape index (κ2) is 4.85. The fourth-order valence-electron chi connectivity index (χ4n) is 2.18. The Labute approximate surface area is 119 Å². The molecule has 0 bridgehead atoms. The Kier molecular flexibility index (Phi) is 3.25. The van der Waals surface area contributed by atoms with E-state index in [0.717, 1.165) is 18.9 Å². The summed E-state index contributed by atoms with van der Waals surface area (Å²) in [5.41, 5.74) is 0.0882. The third-order valence-electron chi connectivity index (χ3n) is 3.28. The van der Waals surface area contributed by atoms with E-state index in [1.54, 1.807) is 0 Å². The number of nitrogens with two attached hydrogens (primary N) is 1. The van der Waals surface area contributed by atoms with Crippen molar-refractivity contribution in [2.75, 3.05) is 0 Å². The second-order valence-electron chi connectivity index (χ2n) is 4.93. The minimum absolute atomic E-state index is 0.0530. The number of sulfonamides is 1. The van der Waals surface area contributed by atoms with Crippen LogP contribution in [0.3, 0.4) is 0 Å². The van der Waals surface area contributed by atoms with Gasteiger partial charge in [-0.3, -0.25) is 4.57 Å². The van der Waals surface area contributed by atoms with Gasteiger partial charge in [-0.1, -0.05) is 12.1 Å². The molecule has 9 heteroatoms. The molecule has 21 heavy (non-hydrogen) atoms. The van der Waals surface area contributed by atoms with Gasteiger partial charge in [-0.25, -0.2) is 22.3 Å². The molecule has 3 rings (SSSR count). The van der Waals surface area contributed by atoms with Crippen molar-refractivity contribution in [3.63, 3.8) is 0 Å². The number of hydrogen-bond donors (Lipinski definition) is 1. The molecule has 0 spiro atoms. The maximum Gasteiger partial charge on any atom is 0.273 e. The summed E-state index contributed by atoms with van der Waals surface area (Å²) in [4.78, 5) is 0. The first-order valence-electron chi connectivity index (χ1n) is 6.27. The molecule has 1 aliphatic carbocycles. The molecule has 2 N–H and O–H groups in total. The standard InChI is InChI=1S/C12H12F2N4O2S/c13-9-3-1-2-7(11(9)14)6-10-16-17-12(21(15,19)20)18(10)8-4-5-8/h1-3,8H,4-6H2,(H2,15,19,20). The van der Waals surface area contributed by atoms with Gasteiger partial charge in [0.2, 0.25) is 0 Å². The molecule has 1 aliphatic rings. The van der Waals surface area contributed by atoms with Gasteiger partial charge in [-0.2, -0.15) is 0 Å². The molecule has 0 amide bonds. The zero-order valence-electron chi connectivity index (χ0n) is 10.8. The van der Waals surface area contributed by atoms with E-state index in [2.05, 4.69) is 10.2 Å². The summed E-state index contributed by atoms with van der Waals surface area (Å²) in [6, 6.07) is 3.76. The molecule has 0 radical (unpaired) electrons. The van der Waals surface area contributed by atoms with Crippen LogP contribution >= 0.6 is 0 Å². The zero-order valence-corrected chi connectivity index (χ0v) is 11.6. The first kappa shape index (κ1) is 14.1. The molecule has 0 atom stereocenters. The highest BCUT2D eigenvalue weighted by Gasteiger charge is 2.33. The molecule has 0 aliphatic heterocycles. The zero-order chi connectivity index (χ0) is 15.2. The number of rotatable bonds is 4. The van der Waals surface area contributed by atoms with E-state index in [-0.39, 0.29) is 29.0 Å². The van der Waals surface area contributed by atoms with E-state index < -0.39 is 21.7 Å². The molecule has 1 fully saturated rings. The second-order valence-corrected chi connectivity index (χ2v) is 6.39. The summed E-state index contributed by atoms with van der Waals surface area (Å²) < 4.78 is 51.3. The maximum atomic E-state index is 13.7. The van der Waals surface area contributed by atoms with Crippen LogP contribution in [0.4, 0.5) is 8.78 Å². The van der Waals surface area contributed by atoms with Crippen LogP contribution in [0.25, 0.3) is 0 Å². The van der Waals surface area contributed by atoms with Crippen molar-refractivity contribution in [1.82, 2.24) is 14.8 Å². The van der Waals surface area contributed by atoms with Crippen LogP contribution in [-0.4, -0.2) is 23.2 Å². The molecule has 112 valence electrons. The van der Waals surface area contributed by atoms with Gasteiger partial charge in [-0.15, -0.1) is 10.2 Å². The van der Waals surface area contributed by atoms with Crippen LogP contribution in [0, 0.1) is 11.6 Å². The summed E-state index contributed by atoms with van der Waals surface area (Å²) >= 11 is 0. The lowest BCUT2D eigenvalue weighted by atomic mass is 10.1. The summed E-state index contributed by atoms with van der Waals surface area (Å²) in [6.45, 7) is 0. The van der Waals surface area contributed by atoms with E-state index in [1.807, 2.05) is 0 Å². The van der Waals surface area contributed by atoms with Crippen molar-refractivity contribution in [2.24, 2.45) is 5.14 Å². The largest absolute Gasteiger partial charge is 0.297 e. The summed E-state index contributed by atoms with van der Waals surface area (Å²) in [7, 11) is -4.01. The summed E-state index contributed by atoms with van der Waals surface area (Å²) in [6.07, 6.45) is 1.50. The average molecular weight is 314 g/mol. The Bertz CT molecular complexity index is 800. The first-order chi connectivity index (χ1) is 9.88. The highest BCUT2D eigenvalue weighted by molar-refractivity contribution is 7.89. The normalized spacial score (nSPS) is 15.4. The van der Waals surface area contributed by atoms with E-state index in [0.29, 0.717) is 0 Å². The van der Waals surface area contributed by atoms with E-state index in [9.17, 15) is 17.2 Å². The first-order valence-corrected chi connectivity index (χ1v) is 7.82. The topological polar surface area (TPSA) is 90.9 Å². The number of benzene rings is 1. The predicted molar refractivity (Wildman–Crippen MR) is 68.8 cm³/mol. The van der Waals surface area contributed by atoms with Gasteiger partial charge in [0.1, 0.15) is 5.82 Å². The van der Waals surface area contributed by atoms with Gasteiger partial charge in [0, 0.05) is 12.5 Å². The van der Waals surface area contributed by atoms with Crippen LogP contribution in [-0.2, 0) is 16.4 Å². The quantitative estimate of drug-likeness (QED) is 0.916. The lowest BCUT2D eigenvalue weighted by Gasteiger charge is -2.08. The Morgan fingerprint density at radius 3 is 2.62 bits per heavy atom. The lowest BCUT2D eigenvalue weighted by molar-refractivity contribution is 0.498. The number of primary sulfonamides is 1. The highest BCUT2D eigenvalue weighted by atomic mass is 32.2. The number of halogens is 2. The van der Waals surface area contributed by atoms with Crippen molar-refractivity contribution >= 4 is 10.0 Å². The number of nitrogens with zero attached hydrogens (tertiary/aromatic N) is 3. The molecule has 1 heterocycles. The molecule has 6 nitrogen and oxygen atoms in total. The van der Waals surface area contributed by atoms with Gasteiger partial charge < -0.3 is 0 Å². The van der Waals surface area contributed by atoms with Crippen LogP contribution in [0.1, 0.15) is 30.3 Å². The lowest BCUT2D eigenvalue weighted by Crippen LogP contribution is -2.19. The third kappa shape index (κ3) is 2.66. The molecular formula is C12H12F2N4O2S. The van der Waals surface area contributed by atoms with Crippen molar-refractivity contribution in [3.8, 4) is 0 Å². The van der Waals surface area contributed by atoms with Crippen LogP contribution in [0.5, 0.6) is 0 Å². The van der Waals surface area contributed by atoms with Crippen LogP contribution < -0.4 is 5.14 Å². The number of hydrogen-bond acceptors (Lipinski definition) is 4. The monoisotopic (exact) mass is 314 g/mol. The third-order valence-corrected chi connectivity index (χ3v) is 4.07. The molecule has 0 unspecified atom stereocenters. The van der Waals surface area contributed by atoms with Crippen molar-refractivity contribution in [3.05, 3.63) is 41.2 Å². The fraction of sp³-hybridized carbons (Fsp3) is 0.333. The van der Waals surface area contributed by atoms with E-state index in [1.165, 1.54) is 16.7 Å². The molecular weight excluding hydrogens is 302 g/mol. The van der Waals surface area contributed by atoms with Crippen LogP contribution in [0.15, 0.2) is 23.4 Å². The van der Waals surface area contributed by atoms with Crippen molar-refractivity contribution < 1.29 is 17.2 Å². The highest BCUT2D eigenvalue weighted by Crippen LogP contribution is 2.37. The Hall–Kier alpha value is -1.87. The predicted octanol–water partition coefficient (Wildman–Crippen LogP) is 1.13. The molecule has 2 aromatic rings. The Morgan fingerprint density at radius 2 is 2.00 bits per heavy atom. The van der Waals surface area contributed by atoms with Crippen molar-refractivity contribution in [1.29, 1.82) is 0 Å². The van der Waals surface area contributed by atoms with Crippen LogP contribution in [0.2, 0.25) is 0 Å². The van der Waals surface area contributed by atoms with Gasteiger partial charge >= 0.3 is 0 Å². The molecule has 1 saturated carbocycles. The summed E-state index contributed by atoms with van der Waals surface area (Å²) in [5.74, 6) is -1.68. The maximum absolute atomic E-state index is 13.7. The molecule has 1 aromatic heterocycles. The minimum atomic E-state index is -4.01. The van der Waals surface area contributed by atoms with Gasteiger partial charge in [0.15, 0.2) is 11.6 Å². The van der Waals surface area contributed by atoms with Gasteiger partial charge in [-0.05, 0) is 24.5 Å².